The summed E-state index contributed by atoms with van der Waals surface area (Å²) in [4.78, 5) is 29.8. The minimum atomic E-state index is 0.609. The normalized spacial score (nSPS) is 11.5. The molecule has 2 aromatic heterocycles. The summed E-state index contributed by atoms with van der Waals surface area (Å²) in [5.41, 5.74) is 12.0. The molecule has 62 heavy (non-hydrogen) atoms. The second-order valence-corrected chi connectivity index (χ2v) is 14.7. The van der Waals surface area contributed by atoms with Crippen molar-refractivity contribution in [3.8, 4) is 68.3 Å². The van der Waals surface area contributed by atoms with E-state index in [1.54, 1.807) is 0 Å². The molecule has 0 amide bonds. The standard InChI is InChI=1S/C56H38N6/c1-7-19-39(20-8-1)49(41-31-35-47(36-32-41)55-59-51(43-23-11-3-12-24-43)57-52(60-55)44-25-13-4-14-26-44)50(40-21-9-2-10-22-40)42-33-37-48(38-34-42)56-61-53(45-27-15-5-16-28-45)58-54(62-56)46-29-17-6-18-30-46/h1-38H/b50-49+. The summed E-state index contributed by atoms with van der Waals surface area (Å²) in [6.07, 6.45) is 0. The van der Waals surface area contributed by atoms with Gasteiger partial charge in [-0.05, 0) is 33.4 Å². The lowest BCUT2D eigenvalue weighted by atomic mass is 9.85. The van der Waals surface area contributed by atoms with Gasteiger partial charge < -0.3 is 0 Å². The Bertz CT molecular complexity index is 2770. The summed E-state index contributed by atoms with van der Waals surface area (Å²) in [5.74, 6) is 3.73. The fourth-order valence-corrected chi connectivity index (χ4v) is 7.57. The highest BCUT2D eigenvalue weighted by atomic mass is 15.0. The Hall–Kier alpha value is -8.48. The molecule has 0 saturated carbocycles. The molecule has 10 rings (SSSR count). The van der Waals surface area contributed by atoms with Gasteiger partial charge in [0.15, 0.2) is 34.9 Å². The lowest BCUT2D eigenvalue weighted by molar-refractivity contribution is 1.07. The number of hydrogen-bond donors (Lipinski definition) is 0. The first-order valence-electron chi connectivity index (χ1n) is 20.5. The lowest BCUT2D eigenvalue weighted by Gasteiger charge is -2.19. The van der Waals surface area contributed by atoms with Crippen molar-refractivity contribution in [1.29, 1.82) is 0 Å². The van der Waals surface area contributed by atoms with Crippen LogP contribution in [0, 0.1) is 0 Å². The molecule has 0 aliphatic rings. The van der Waals surface area contributed by atoms with Crippen molar-refractivity contribution >= 4 is 11.1 Å². The van der Waals surface area contributed by atoms with Crippen LogP contribution in [-0.4, -0.2) is 29.9 Å². The molecule has 2 heterocycles. The molecular formula is C56H38N6. The van der Waals surface area contributed by atoms with E-state index in [-0.39, 0.29) is 0 Å². The molecule has 0 fully saturated rings. The number of nitrogens with zero attached hydrogens (tertiary/aromatic N) is 6. The smallest absolute Gasteiger partial charge is 0.164 e. The molecule has 6 nitrogen and oxygen atoms in total. The molecule has 292 valence electrons. The maximum atomic E-state index is 4.99. The van der Waals surface area contributed by atoms with Crippen molar-refractivity contribution in [1.82, 2.24) is 29.9 Å². The third-order valence-electron chi connectivity index (χ3n) is 10.6. The molecule has 0 aliphatic heterocycles. The molecule has 0 spiro atoms. The molecule has 0 aliphatic carbocycles. The Morgan fingerprint density at radius 1 is 0.177 bits per heavy atom. The summed E-state index contributed by atoms with van der Waals surface area (Å²) in [6.45, 7) is 0. The predicted molar refractivity (Wildman–Crippen MR) is 250 cm³/mol. The average molecular weight is 795 g/mol. The van der Waals surface area contributed by atoms with E-state index in [4.69, 9.17) is 29.9 Å². The van der Waals surface area contributed by atoms with Gasteiger partial charge >= 0.3 is 0 Å². The minimum absolute atomic E-state index is 0.609. The second-order valence-electron chi connectivity index (χ2n) is 14.7. The van der Waals surface area contributed by atoms with Gasteiger partial charge in [0.25, 0.3) is 0 Å². The molecular weight excluding hydrogens is 757 g/mol. The summed E-state index contributed by atoms with van der Waals surface area (Å²) < 4.78 is 0. The predicted octanol–water partition coefficient (Wildman–Crippen LogP) is 13.1. The largest absolute Gasteiger partial charge is 0.208 e. The molecule has 10 aromatic rings. The van der Waals surface area contributed by atoms with Crippen LogP contribution in [0.4, 0.5) is 0 Å². The summed E-state index contributed by atoms with van der Waals surface area (Å²) >= 11 is 0. The quantitative estimate of drug-likeness (QED) is 0.128. The van der Waals surface area contributed by atoms with Gasteiger partial charge in [-0.25, -0.2) is 29.9 Å². The Morgan fingerprint density at radius 3 is 0.581 bits per heavy atom. The Morgan fingerprint density at radius 2 is 0.355 bits per heavy atom. The maximum Gasteiger partial charge on any atom is 0.164 e. The molecule has 0 radical (unpaired) electrons. The number of aromatic nitrogens is 6. The van der Waals surface area contributed by atoms with Crippen LogP contribution in [0.5, 0.6) is 0 Å². The van der Waals surface area contributed by atoms with E-state index in [0.717, 1.165) is 66.8 Å². The first-order valence-corrected chi connectivity index (χ1v) is 20.5. The molecule has 6 heteroatoms. The van der Waals surface area contributed by atoms with Gasteiger partial charge in [0.2, 0.25) is 0 Å². The van der Waals surface area contributed by atoms with E-state index in [2.05, 4.69) is 109 Å². The first kappa shape index (κ1) is 37.8. The van der Waals surface area contributed by atoms with Gasteiger partial charge in [0.1, 0.15) is 0 Å². The molecule has 8 aromatic carbocycles. The van der Waals surface area contributed by atoms with E-state index >= 15 is 0 Å². The summed E-state index contributed by atoms with van der Waals surface area (Å²) in [5, 5.41) is 0. The fraction of sp³-hybridized carbons (Fsp3) is 0. The van der Waals surface area contributed by atoms with Crippen LogP contribution in [0.25, 0.3) is 79.5 Å². The fourth-order valence-electron chi connectivity index (χ4n) is 7.57. The number of hydrogen-bond acceptors (Lipinski definition) is 6. The highest BCUT2D eigenvalue weighted by Gasteiger charge is 2.19. The maximum absolute atomic E-state index is 4.99. The highest BCUT2D eigenvalue weighted by Crippen LogP contribution is 2.38. The van der Waals surface area contributed by atoms with Crippen molar-refractivity contribution in [3.63, 3.8) is 0 Å². The summed E-state index contributed by atoms with van der Waals surface area (Å²) in [6, 6.07) is 78.5. The lowest BCUT2D eigenvalue weighted by Crippen LogP contribution is -2.01. The third kappa shape index (κ3) is 8.09. The average Bonchev–Trinajstić information content (AvgIpc) is 3.37. The van der Waals surface area contributed by atoms with E-state index < -0.39 is 0 Å². The molecule has 0 unspecified atom stereocenters. The van der Waals surface area contributed by atoms with Crippen LogP contribution in [-0.2, 0) is 0 Å². The summed E-state index contributed by atoms with van der Waals surface area (Å²) in [7, 11) is 0. The zero-order valence-corrected chi connectivity index (χ0v) is 33.6. The van der Waals surface area contributed by atoms with E-state index in [9.17, 15) is 0 Å². The molecule has 0 saturated heterocycles. The van der Waals surface area contributed by atoms with Crippen LogP contribution >= 0.6 is 0 Å². The van der Waals surface area contributed by atoms with Crippen LogP contribution in [0.2, 0.25) is 0 Å². The highest BCUT2D eigenvalue weighted by molar-refractivity contribution is 6.04. The Kier molecular flexibility index (Phi) is 10.6. The van der Waals surface area contributed by atoms with Crippen molar-refractivity contribution in [2.75, 3.05) is 0 Å². The van der Waals surface area contributed by atoms with Gasteiger partial charge in [-0.2, -0.15) is 0 Å². The Labute approximate surface area is 360 Å². The van der Waals surface area contributed by atoms with Gasteiger partial charge in [0.05, 0.1) is 0 Å². The van der Waals surface area contributed by atoms with Crippen molar-refractivity contribution in [2.24, 2.45) is 0 Å². The van der Waals surface area contributed by atoms with Crippen LogP contribution in [0.15, 0.2) is 231 Å². The van der Waals surface area contributed by atoms with Gasteiger partial charge in [-0.1, -0.05) is 231 Å². The van der Waals surface area contributed by atoms with Gasteiger partial charge in [-0.3, -0.25) is 0 Å². The van der Waals surface area contributed by atoms with Crippen molar-refractivity contribution < 1.29 is 0 Å². The van der Waals surface area contributed by atoms with Crippen molar-refractivity contribution in [3.05, 3.63) is 253 Å². The topological polar surface area (TPSA) is 77.3 Å². The number of rotatable bonds is 10. The Balaban J connectivity index is 1.10. The molecule has 0 N–H and O–H groups in total. The van der Waals surface area contributed by atoms with Gasteiger partial charge in [0, 0.05) is 33.4 Å². The third-order valence-corrected chi connectivity index (χ3v) is 10.6. The van der Waals surface area contributed by atoms with E-state index in [0.29, 0.717) is 34.9 Å². The molecule has 0 bridgehead atoms. The van der Waals surface area contributed by atoms with E-state index in [1.807, 2.05) is 121 Å². The van der Waals surface area contributed by atoms with Crippen molar-refractivity contribution in [2.45, 2.75) is 0 Å². The second kappa shape index (κ2) is 17.4. The van der Waals surface area contributed by atoms with Gasteiger partial charge in [-0.15, -0.1) is 0 Å². The molecule has 0 atom stereocenters. The zero-order chi connectivity index (χ0) is 41.5. The zero-order valence-electron chi connectivity index (χ0n) is 33.6. The van der Waals surface area contributed by atoms with Crippen LogP contribution in [0.1, 0.15) is 22.3 Å². The van der Waals surface area contributed by atoms with Crippen LogP contribution in [0.3, 0.4) is 0 Å². The monoisotopic (exact) mass is 794 g/mol. The van der Waals surface area contributed by atoms with E-state index in [1.165, 1.54) is 0 Å². The first-order chi connectivity index (χ1) is 30.7. The number of benzene rings is 8. The minimum Gasteiger partial charge on any atom is -0.208 e. The SMILES string of the molecule is c1ccc(/C(=C(/c2ccccc2)c2ccc(-c3nc(-c4ccccc4)nc(-c4ccccc4)n3)cc2)c2ccc(-c3nc(-c4ccccc4)nc(-c4ccccc4)n3)cc2)cc1. The van der Waals surface area contributed by atoms with Crippen LogP contribution < -0.4 is 0 Å².